The van der Waals surface area contributed by atoms with Gasteiger partial charge in [0.05, 0.1) is 19.1 Å². The van der Waals surface area contributed by atoms with Crippen LogP contribution in [0.1, 0.15) is 32.3 Å². The second-order valence-corrected chi connectivity index (χ2v) is 5.20. The summed E-state index contributed by atoms with van der Waals surface area (Å²) >= 11 is 0. The standard InChI is InChI=1S/C15H22O4/c1-15(2,14(16)17)8-5-9-19-11-12-6-4-7-13(10-12)18-3/h4,6-7,10H,5,8-9,11H2,1-3H3,(H,16,17). The average Bonchev–Trinajstić information content (AvgIpc) is 2.38. The van der Waals surface area contributed by atoms with E-state index in [0.29, 0.717) is 19.6 Å². The number of aliphatic carboxylic acids is 1. The van der Waals surface area contributed by atoms with Gasteiger partial charge in [0.25, 0.3) is 0 Å². The Labute approximate surface area is 114 Å². The third-order valence-corrected chi connectivity index (χ3v) is 3.07. The van der Waals surface area contributed by atoms with Crippen molar-refractivity contribution in [2.24, 2.45) is 5.41 Å². The number of methoxy groups -OCH3 is 1. The molecule has 0 saturated carbocycles. The summed E-state index contributed by atoms with van der Waals surface area (Å²) in [6.45, 7) is 4.55. The van der Waals surface area contributed by atoms with Crippen molar-refractivity contribution in [2.75, 3.05) is 13.7 Å². The molecule has 1 N–H and O–H groups in total. The maximum Gasteiger partial charge on any atom is 0.309 e. The highest BCUT2D eigenvalue weighted by Crippen LogP contribution is 2.22. The Morgan fingerprint density at radius 1 is 1.37 bits per heavy atom. The maximum absolute atomic E-state index is 10.9. The van der Waals surface area contributed by atoms with Crippen molar-refractivity contribution in [3.8, 4) is 5.75 Å². The second-order valence-electron chi connectivity index (χ2n) is 5.20. The van der Waals surface area contributed by atoms with E-state index in [1.165, 1.54) is 0 Å². The van der Waals surface area contributed by atoms with Crippen LogP contribution in [-0.2, 0) is 16.1 Å². The van der Waals surface area contributed by atoms with Crippen molar-refractivity contribution in [2.45, 2.75) is 33.3 Å². The monoisotopic (exact) mass is 266 g/mol. The van der Waals surface area contributed by atoms with Crippen molar-refractivity contribution in [3.63, 3.8) is 0 Å². The van der Waals surface area contributed by atoms with Gasteiger partial charge in [-0.2, -0.15) is 0 Å². The molecule has 0 aromatic heterocycles. The van der Waals surface area contributed by atoms with Gasteiger partial charge in [0.1, 0.15) is 5.75 Å². The van der Waals surface area contributed by atoms with Gasteiger partial charge in [0.2, 0.25) is 0 Å². The van der Waals surface area contributed by atoms with E-state index in [4.69, 9.17) is 14.6 Å². The number of carbonyl (C=O) groups is 1. The summed E-state index contributed by atoms with van der Waals surface area (Å²) in [7, 11) is 1.63. The van der Waals surface area contributed by atoms with Crippen molar-refractivity contribution in [1.82, 2.24) is 0 Å². The molecule has 0 fully saturated rings. The van der Waals surface area contributed by atoms with E-state index in [2.05, 4.69) is 0 Å². The SMILES string of the molecule is COc1cccc(COCCCC(C)(C)C(=O)O)c1. The maximum atomic E-state index is 10.9. The van der Waals surface area contributed by atoms with Crippen LogP contribution in [0.15, 0.2) is 24.3 Å². The molecular weight excluding hydrogens is 244 g/mol. The Morgan fingerprint density at radius 3 is 2.74 bits per heavy atom. The van der Waals surface area contributed by atoms with Crippen LogP contribution in [0.5, 0.6) is 5.75 Å². The molecular formula is C15H22O4. The summed E-state index contributed by atoms with van der Waals surface area (Å²) in [5.74, 6) is 0.0495. The summed E-state index contributed by atoms with van der Waals surface area (Å²) in [6, 6.07) is 7.72. The molecule has 0 aliphatic rings. The van der Waals surface area contributed by atoms with Gasteiger partial charge in [0.15, 0.2) is 0 Å². The molecule has 1 rings (SSSR count). The Morgan fingerprint density at radius 2 is 2.11 bits per heavy atom. The molecule has 4 nitrogen and oxygen atoms in total. The molecule has 19 heavy (non-hydrogen) atoms. The van der Waals surface area contributed by atoms with Crippen LogP contribution < -0.4 is 4.74 Å². The first-order chi connectivity index (χ1) is 8.95. The molecule has 0 aliphatic heterocycles. The molecule has 0 spiro atoms. The number of carboxylic acids is 1. The molecule has 4 heteroatoms. The molecule has 0 radical (unpaired) electrons. The van der Waals surface area contributed by atoms with E-state index in [1.54, 1.807) is 21.0 Å². The summed E-state index contributed by atoms with van der Waals surface area (Å²) in [6.07, 6.45) is 1.35. The lowest BCUT2D eigenvalue weighted by atomic mass is 9.88. The van der Waals surface area contributed by atoms with Gasteiger partial charge in [-0.1, -0.05) is 12.1 Å². The van der Waals surface area contributed by atoms with E-state index in [9.17, 15) is 4.79 Å². The first-order valence-corrected chi connectivity index (χ1v) is 6.40. The quantitative estimate of drug-likeness (QED) is 0.735. The first-order valence-electron chi connectivity index (χ1n) is 6.40. The lowest BCUT2D eigenvalue weighted by Gasteiger charge is -2.18. The van der Waals surface area contributed by atoms with E-state index in [1.807, 2.05) is 24.3 Å². The largest absolute Gasteiger partial charge is 0.497 e. The van der Waals surface area contributed by atoms with Gasteiger partial charge in [0, 0.05) is 6.61 Å². The summed E-state index contributed by atoms with van der Waals surface area (Å²) < 4.78 is 10.7. The van der Waals surface area contributed by atoms with Crippen molar-refractivity contribution >= 4 is 5.97 Å². The molecule has 0 saturated heterocycles. The molecule has 106 valence electrons. The Kier molecular flexibility index (Phi) is 5.83. The third-order valence-electron chi connectivity index (χ3n) is 3.07. The minimum absolute atomic E-state index is 0.519. The minimum Gasteiger partial charge on any atom is -0.497 e. The highest BCUT2D eigenvalue weighted by molar-refractivity contribution is 5.73. The zero-order valence-electron chi connectivity index (χ0n) is 11.8. The topological polar surface area (TPSA) is 55.8 Å². The van der Waals surface area contributed by atoms with Crippen LogP contribution in [0.4, 0.5) is 0 Å². The van der Waals surface area contributed by atoms with Crippen LogP contribution >= 0.6 is 0 Å². The predicted molar refractivity (Wildman–Crippen MR) is 73.3 cm³/mol. The van der Waals surface area contributed by atoms with E-state index in [-0.39, 0.29) is 0 Å². The highest BCUT2D eigenvalue weighted by atomic mass is 16.5. The van der Waals surface area contributed by atoms with Crippen LogP contribution in [0.3, 0.4) is 0 Å². The van der Waals surface area contributed by atoms with Crippen molar-refractivity contribution in [3.05, 3.63) is 29.8 Å². The van der Waals surface area contributed by atoms with Crippen LogP contribution in [-0.4, -0.2) is 24.8 Å². The molecule has 0 aliphatic carbocycles. The number of hydrogen-bond donors (Lipinski definition) is 1. The summed E-state index contributed by atoms with van der Waals surface area (Å²) in [4.78, 5) is 10.9. The van der Waals surface area contributed by atoms with Crippen LogP contribution in [0.25, 0.3) is 0 Å². The molecule has 1 aromatic carbocycles. The van der Waals surface area contributed by atoms with Gasteiger partial charge in [-0.15, -0.1) is 0 Å². The Hall–Kier alpha value is -1.55. The number of rotatable bonds is 8. The number of hydrogen-bond acceptors (Lipinski definition) is 3. The van der Waals surface area contributed by atoms with Crippen LogP contribution in [0.2, 0.25) is 0 Å². The predicted octanol–water partition coefficient (Wildman–Crippen LogP) is 3.10. The summed E-state index contributed by atoms with van der Waals surface area (Å²) in [5, 5.41) is 8.98. The second kappa shape index (κ2) is 7.14. The average molecular weight is 266 g/mol. The molecule has 0 amide bonds. The fourth-order valence-electron chi connectivity index (χ4n) is 1.68. The zero-order valence-corrected chi connectivity index (χ0v) is 11.8. The fraction of sp³-hybridized carbons (Fsp3) is 0.533. The zero-order chi connectivity index (χ0) is 14.3. The van der Waals surface area contributed by atoms with Gasteiger partial charge in [-0.05, 0) is 44.4 Å². The van der Waals surface area contributed by atoms with Gasteiger partial charge >= 0.3 is 5.97 Å². The minimum atomic E-state index is -0.764. The molecule has 0 atom stereocenters. The molecule has 0 bridgehead atoms. The van der Waals surface area contributed by atoms with E-state index in [0.717, 1.165) is 17.7 Å². The van der Waals surface area contributed by atoms with Gasteiger partial charge in [-0.25, -0.2) is 0 Å². The van der Waals surface area contributed by atoms with Gasteiger partial charge < -0.3 is 14.6 Å². The van der Waals surface area contributed by atoms with Crippen LogP contribution in [0, 0.1) is 5.41 Å². The Bertz CT molecular complexity index is 412. The molecule has 1 aromatic rings. The molecule has 0 unspecified atom stereocenters. The first kappa shape index (κ1) is 15.5. The lowest BCUT2D eigenvalue weighted by molar-refractivity contribution is -0.147. The van der Waals surface area contributed by atoms with Crippen molar-refractivity contribution in [1.29, 1.82) is 0 Å². The van der Waals surface area contributed by atoms with E-state index >= 15 is 0 Å². The summed E-state index contributed by atoms with van der Waals surface area (Å²) in [5.41, 5.74) is 0.371. The highest BCUT2D eigenvalue weighted by Gasteiger charge is 2.25. The third kappa shape index (κ3) is 5.30. The van der Waals surface area contributed by atoms with E-state index < -0.39 is 11.4 Å². The fourth-order valence-corrected chi connectivity index (χ4v) is 1.68. The number of benzene rings is 1. The normalized spacial score (nSPS) is 11.3. The van der Waals surface area contributed by atoms with Crippen molar-refractivity contribution < 1.29 is 19.4 Å². The Balaban J connectivity index is 2.26. The smallest absolute Gasteiger partial charge is 0.309 e. The number of ether oxygens (including phenoxy) is 2. The number of carboxylic acid groups (broad SMARTS) is 1. The molecule has 0 heterocycles. The lowest BCUT2D eigenvalue weighted by Crippen LogP contribution is -2.23. The van der Waals surface area contributed by atoms with Gasteiger partial charge in [-0.3, -0.25) is 4.79 Å².